The van der Waals surface area contributed by atoms with Crippen LogP contribution in [0.25, 0.3) is 11.5 Å². The molecule has 1 aliphatic heterocycles. The van der Waals surface area contributed by atoms with Gasteiger partial charge in [-0.1, -0.05) is 25.5 Å². The second kappa shape index (κ2) is 7.55. The van der Waals surface area contributed by atoms with Crippen molar-refractivity contribution in [3.63, 3.8) is 0 Å². The first-order valence-corrected chi connectivity index (χ1v) is 9.95. The monoisotopic (exact) mass is 349 g/mol. The number of aryl methyl sites for hydroxylation is 1. The SMILES string of the molecule is CSC1CCCCN(c2nnc(-c3cn(C)nn3)n2CC(C)C)C1. The molecule has 0 aliphatic carbocycles. The minimum Gasteiger partial charge on any atom is -0.340 e. The molecule has 1 saturated heterocycles. The molecule has 0 aromatic carbocycles. The minimum absolute atomic E-state index is 0.512. The topological polar surface area (TPSA) is 64.7 Å². The van der Waals surface area contributed by atoms with Gasteiger partial charge in [-0.3, -0.25) is 9.25 Å². The Labute approximate surface area is 147 Å². The quantitative estimate of drug-likeness (QED) is 0.826. The van der Waals surface area contributed by atoms with Gasteiger partial charge in [0.15, 0.2) is 11.5 Å². The second-order valence-electron chi connectivity index (χ2n) is 6.91. The first kappa shape index (κ1) is 17.3. The van der Waals surface area contributed by atoms with Crippen LogP contribution in [0.2, 0.25) is 0 Å². The van der Waals surface area contributed by atoms with Crippen molar-refractivity contribution in [2.75, 3.05) is 24.2 Å². The van der Waals surface area contributed by atoms with Gasteiger partial charge in [-0.15, -0.1) is 15.3 Å². The van der Waals surface area contributed by atoms with Crippen molar-refractivity contribution in [3.8, 4) is 11.5 Å². The number of hydrogen-bond donors (Lipinski definition) is 0. The standard InChI is InChI=1S/C16H27N7S/c1-12(2)9-23-15(14-11-21(3)20-17-14)18-19-16(23)22-8-6-5-7-13(10-22)24-4/h11-13H,5-10H2,1-4H3. The number of anilines is 1. The third-order valence-electron chi connectivity index (χ3n) is 4.36. The zero-order chi connectivity index (χ0) is 17.1. The van der Waals surface area contributed by atoms with Crippen LogP contribution in [-0.2, 0) is 13.6 Å². The van der Waals surface area contributed by atoms with Gasteiger partial charge in [-0.05, 0) is 25.0 Å². The molecule has 3 heterocycles. The van der Waals surface area contributed by atoms with Gasteiger partial charge in [-0.2, -0.15) is 11.8 Å². The molecule has 8 heteroatoms. The molecule has 2 aromatic heterocycles. The van der Waals surface area contributed by atoms with Crippen LogP contribution in [-0.4, -0.2) is 54.4 Å². The van der Waals surface area contributed by atoms with Gasteiger partial charge in [0.05, 0.1) is 6.20 Å². The maximum absolute atomic E-state index is 4.54. The van der Waals surface area contributed by atoms with Crippen LogP contribution in [0.4, 0.5) is 5.95 Å². The van der Waals surface area contributed by atoms with Crippen molar-refractivity contribution in [1.29, 1.82) is 0 Å². The Morgan fingerprint density at radius 3 is 2.75 bits per heavy atom. The molecule has 1 fully saturated rings. The van der Waals surface area contributed by atoms with Crippen molar-refractivity contribution >= 4 is 17.7 Å². The summed E-state index contributed by atoms with van der Waals surface area (Å²) in [6.07, 6.45) is 7.90. The third-order valence-corrected chi connectivity index (χ3v) is 5.41. The fourth-order valence-electron chi connectivity index (χ4n) is 3.18. The summed E-state index contributed by atoms with van der Waals surface area (Å²) in [7, 11) is 1.87. The van der Waals surface area contributed by atoms with E-state index in [0.29, 0.717) is 11.2 Å². The summed E-state index contributed by atoms with van der Waals surface area (Å²) in [5.74, 6) is 2.31. The maximum Gasteiger partial charge on any atom is 0.227 e. The van der Waals surface area contributed by atoms with Crippen LogP contribution in [0.15, 0.2) is 6.20 Å². The van der Waals surface area contributed by atoms with E-state index in [1.807, 2.05) is 25.0 Å². The molecule has 0 amide bonds. The predicted octanol–water partition coefficient (Wildman–Crippen LogP) is 2.45. The summed E-state index contributed by atoms with van der Waals surface area (Å²) in [5.41, 5.74) is 0.785. The summed E-state index contributed by atoms with van der Waals surface area (Å²) >= 11 is 1.96. The van der Waals surface area contributed by atoms with Gasteiger partial charge in [0.25, 0.3) is 0 Å². The number of hydrogen-bond acceptors (Lipinski definition) is 6. The lowest BCUT2D eigenvalue weighted by molar-refractivity contribution is 0.520. The van der Waals surface area contributed by atoms with E-state index >= 15 is 0 Å². The zero-order valence-electron chi connectivity index (χ0n) is 15.0. The first-order chi connectivity index (χ1) is 11.6. The van der Waals surface area contributed by atoms with Crippen LogP contribution in [0.3, 0.4) is 0 Å². The number of rotatable bonds is 5. The van der Waals surface area contributed by atoms with E-state index in [4.69, 9.17) is 0 Å². The van der Waals surface area contributed by atoms with E-state index in [1.165, 1.54) is 19.3 Å². The first-order valence-electron chi connectivity index (χ1n) is 8.66. The average Bonchev–Trinajstić information content (AvgIpc) is 3.06. The lowest BCUT2D eigenvalue weighted by Gasteiger charge is -2.25. The highest BCUT2D eigenvalue weighted by Crippen LogP contribution is 2.27. The normalized spacial score (nSPS) is 19.0. The van der Waals surface area contributed by atoms with E-state index in [0.717, 1.165) is 37.1 Å². The van der Waals surface area contributed by atoms with Gasteiger partial charge in [0.1, 0.15) is 0 Å². The highest BCUT2D eigenvalue weighted by molar-refractivity contribution is 7.99. The van der Waals surface area contributed by atoms with Gasteiger partial charge in [0.2, 0.25) is 5.95 Å². The number of nitrogens with zero attached hydrogens (tertiary/aromatic N) is 7. The van der Waals surface area contributed by atoms with Crippen molar-refractivity contribution in [2.45, 2.75) is 44.9 Å². The van der Waals surface area contributed by atoms with Crippen LogP contribution >= 0.6 is 11.8 Å². The van der Waals surface area contributed by atoms with Crippen LogP contribution in [0, 0.1) is 5.92 Å². The Balaban J connectivity index is 1.96. The Kier molecular flexibility index (Phi) is 5.43. The summed E-state index contributed by atoms with van der Waals surface area (Å²) < 4.78 is 3.93. The highest BCUT2D eigenvalue weighted by atomic mass is 32.2. The van der Waals surface area contributed by atoms with Crippen LogP contribution in [0.5, 0.6) is 0 Å². The molecule has 24 heavy (non-hydrogen) atoms. The number of thioether (sulfide) groups is 1. The van der Waals surface area contributed by atoms with E-state index < -0.39 is 0 Å². The largest absolute Gasteiger partial charge is 0.340 e. The smallest absolute Gasteiger partial charge is 0.227 e. The molecule has 0 radical (unpaired) electrons. The molecule has 2 aromatic rings. The van der Waals surface area contributed by atoms with Crippen LogP contribution < -0.4 is 4.90 Å². The molecule has 0 spiro atoms. The Hall–Kier alpha value is -1.57. The Bertz CT molecular complexity index is 663. The van der Waals surface area contributed by atoms with Gasteiger partial charge >= 0.3 is 0 Å². The molecule has 7 nitrogen and oxygen atoms in total. The number of aromatic nitrogens is 6. The van der Waals surface area contributed by atoms with E-state index in [-0.39, 0.29) is 0 Å². The van der Waals surface area contributed by atoms with Crippen molar-refractivity contribution in [1.82, 2.24) is 29.8 Å². The van der Waals surface area contributed by atoms with Crippen molar-refractivity contribution < 1.29 is 0 Å². The summed E-state index contributed by atoms with van der Waals surface area (Å²) in [6, 6.07) is 0. The highest BCUT2D eigenvalue weighted by Gasteiger charge is 2.25. The third kappa shape index (κ3) is 3.74. The molecule has 0 saturated carbocycles. The molecule has 0 bridgehead atoms. The molecular weight excluding hydrogens is 322 g/mol. The van der Waals surface area contributed by atoms with E-state index in [2.05, 4.69) is 50.1 Å². The molecule has 1 unspecified atom stereocenters. The fraction of sp³-hybridized carbons (Fsp3) is 0.750. The van der Waals surface area contributed by atoms with Crippen molar-refractivity contribution in [2.24, 2.45) is 13.0 Å². The van der Waals surface area contributed by atoms with E-state index in [1.54, 1.807) is 4.68 Å². The molecule has 1 aliphatic rings. The molecule has 1 atom stereocenters. The zero-order valence-corrected chi connectivity index (χ0v) is 15.8. The predicted molar refractivity (Wildman–Crippen MR) is 98.2 cm³/mol. The van der Waals surface area contributed by atoms with Gasteiger partial charge in [0, 0.05) is 31.9 Å². The summed E-state index contributed by atoms with van der Waals surface area (Å²) in [6.45, 7) is 7.41. The van der Waals surface area contributed by atoms with Gasteiger partial charge in [-0.25, -0.2) is 0 Å². The van der Waals surface area contributed by atoms with E-state index in [9.17, 15) is 0 Å². The molecular formula is C16H27N7S. The lowest BCUT2D eigenvalue weighted by atomic mass is 10.2. The van der Waals surface area contributed by atoms with Gasteiger partial charge < -0.3 is 4.90 Å². The minimum atomic E-state index is 0.512. The molecule has 132 valence electrons. The van der Waals surface area contributed by atoms with Crippen LogP contribution in [0.1, 0.15) is 33.1 Å². The second-order valence-corrected chi connectivity index (χ2v) is 8.04. The molecule has 0 N–H and O–H groups in total. The van der Waals surface area contributed by atoms with Crippen molar-refractivity contribution in [3.05, 3.63) is 6.20 Å². The average molecular weight is 350 g/mol. The summed E-state index contributed by atoms with van der Waals surface area (Å²) in [5, 5.41) is 17.9. The lowest BCUT2D eigenvalue weighted by Crippen LogP contribution is -2.32. The molecule has 3 rings (SSSR count). The summed E-state index contributed by atoms with van der Waals surface area (Å²) in [4.78, 5) is 2.41. The maximum atomic E-state index is 4.54. The Morgan fingerprint density at radius 2 is 2.08 bits per heavy atom. The Morgan fingerprint density at radius 1 is 1.25 bits per heavy atom. The fourth-order valence-corrected chi connectivity index (χ4v) is 3.91.